The van der Waals surface area contributed by atoms with Crippen LogP contribution in [-0.2, 0) is 16.0 Å². The molecule has 1 unspecified atom stereocenters. The van der Waals surface area contributed by atoms with E-state index in [1.165, 1.54) is 18.9 Å². The van der Waals surface area contributed by atoms with E-state index in [4.69, 9.17) is 21.4 Å². The predicted molar refractivity (Wildman–Crippen MR) is 117 cm³/mol. The topological polar surface area (TPSA) is 116 Å². The maximum absolute atomic E-state index is 13.0. The first-order valence-corrected chi connectivity index (χ1v) is 11.4. The number of nitrogens with one attached hydrogen (secondary N) is 1. The minimum Gasteiger partial charge on any atom is -0.484 e. The number of ether oxygens (including phenoxy) is 1. The molecule has 2 fully saturated rings. The van der Waals surface area contributed by atoms with E-state index in [1.807, 2.05) is 0 Å². The Kier molecular flexibility index (Phi) is 6.44. The van der Waals surface area contributed by atoms with Crippen molar-refractivity contribution in [1.29, 1.82) is 0 Å². The Bertz CT molecular complexity index is 965. The third-order valence-electron chi connectivity index (χ3n) is 6.87. The Morgan fingerprint density at radius 2 is 1.94 bits per heavy atom. The van der Waals surface area contributed by atoms with Gasteiger partial charge in [-0.05, 0) is 75.7 Å². The maximum Gasteiger partial charge on any atom is 0.335 e. The lowest BCUT2D eigenvalue weighted by Gasteiger charge is -2.32. The number of fused-ring (bicyclic) bond motifs is 2. The van der Waals surface area contributed by atoms with E-state index >= 15 is 0 Å². The summed E-state index contributed by atoms with van der Waals surface area (Å²) in [5, 5.41) is 21.8. The van der Waals surface area contributed by atoms with Crippen molar-refractivity contribution in [3.8, 4) is 5.75 Å². The number of carbonyl (C=O) groups is 3. The number of amides is 1. The third kappa shape index (κ3) is 4.47. The molecule has 3 aliphatic rings. The van der Waals surface area contributed by atoms with Gasteiger partial charge in [-0.2, -0.15) is 0 Å². The van der Waals surface area contributed by atoms with Crippen LogP contribution in [0, 0.1) is 0 Å². The Morgan fingerprint density at radius 1 is 1.22 bits per heavy atom. The molecule has 0 radical (unpaired) electrons. The molecule has 1 atom stereocenters. The van der Waals surface area contributed by atoms with Crippen molar-refractivity contribution >= 4 is 29.4 Å². The van der Waals surface area contributed by atoms with Crippen LogP contribution in [0.3, 0.4) is 0 Å². The van der Waals surface area contributed by atoms with Gasteiger partial charge in [-0.3, -0.25) is 9.69 Å². The molecule has 0 saturated carbocycles. The van der Waals surface area contributed by atoms with Crippen LogP contribution in [0.1, 0.15) is 54.4 Å². The van der Waals surface area contributed by atoms with E-state index in [9.17, 15) is 19.5 Å². The monoisotopic (exact) mass is 462 g/mol. The summed E-state index contributed by atoms with van der Waals surface area (Å²) in [5.74, 6) is -2.79. The predicted octanol–water partition coefficient (Wildman–Crippen LogP) is 2.88. The van der Waals surface area contributed by atoms with Crippen LogP contribution < -0.4 is 10.1 Å². The van der Waals surface area contributed by atoms with Gasteiger partial charge < -0.3 is 20.3 Å². The molecule has 8 nitrogen and oxygen atoms in total. The number of carboxylic acid groups (broad SMARTS) is 2. The lowest BCUT2D eigenvalue weighted by Crippen LogP contribution is -2.41. The highest BCUT2D eigenvalue weighted by Crippen LogP contribution is 2.41. The molecule has 3 aliphatic heterocycles. The van der Waals surface area contributed by atoms with Crippen molar-refractivity contribution in [3.05, 3.63) is 39.9 Å². The van der Waals surface area contributed by atoms with Crippen LogP contribution >= 0.6 is 11.6 Å². The molecule has 2 saturated heterocycles. The fourth-order valence-electron chi connectivity index (χ4n) is 5.41. The quantitative estimate of drug-likeness (QED) is 0.533. The van der Waals surface area contributed by atoms with Gasteiger partial charge in [0.1, 0.15) is 11.9 Å². The average molecular weight is 463 g/mol. The molecular formula is C23H27ClN2O6. The fraction of sp³-hybridized carbons (Fsp3) is 0.522. The minimum absolute atomic E-state index is 0.195. The normalized spacial score (nSPS) is 22.0. The molecule has 3 heterocycles. The first-order chi connectivity index (χ1) is 15.3. The number of aryl methyl sites for hydroxylation is 1. The van der Waals surface area contributed by atoms with E-state index in [-0.39, 0.29) is 34.8 Å². The zero-order chi connectivity index (χ0) is 22.9. The summed E-state index contributed by atoms with van der Waals surface area (Å²) in [6.45, 7) is 2.78. The summed E-state index contributed by atoms with van der Waals surface area (Å²) in [6, 6.07) is 3.20. The zero-order valence-electron chi connectivity index (χ0n) is 17.7. The number of hydrogen-bond acceptors (Lipinski definition) is 5. The lowest BCUT2D eigenvalue weighted by molar-refractivity contribution is -0.136. The number of carboxylic acids is 2. The van der Waals surface area contributed by atoms with Crippen LogP contribution in [-0.4, -0.2) is 64.2 Å². The summed E-state index contributed by atoms with van der Waals surface area (Å²) in [5.41, 5.74) is 0.784. The van der Waals surface area contributed by atoms with Gasteiger partial charge in [-0.15, -0.1) is 0 Å². The molecule has 1 amide bonds. The molecule has 0 spiro atoms. The molecule has 3 N–H and O–H groups in total. The van der Waals surface area contributed by atoms with Crippen molar-refractivity contribution in [2.45, 2.75) is 56.6 Å². The highest BCUT2D eigenvalue weighted by atomic mass is 35.5. The lowest BCUT2D eigenvalue weighted by atomic mass is 9.90. The van der Waals surface area contributed by atoms with Gasteiger partial charge in [-0.25, -0.2) is 9.59 Å². The van der Waals surface area contributed by atoms with Gasteiger partial charge in [0.15, 0.2) is 0 Å². The van der Waals surface area contributed by atoms with Gasteiger partial charge >= 0.3 is 11.9 Å². The fourth-order valence-corrected chi connectivity index (χ4v) is 5.65. The Balaban J connectivity index is 1.50. The number of benzene rings is 1. The van der Waals surface area contributed by atoms with Crippen molar-refractivity contribution in [2.75, 3.05) is 19.6 Å². The molecule has 0 bridgehead atoms. The largest absolute Gasteiger partial charge is 0.484 e. The van der Waals surface area contributed by atoms with Crippen molar-refractivity contribution in [1.82, 2.24) is 10.2 Å². The van der Waals surface area contributed by atoms with Crippen LogP contribution in [0.5, 0.6) is 5.75 Å². The van der Waals surface area contributed by atoms with E-state index < -0.39 is 18.0 Å². The number of hydrogen-bond donors (Lipinski definition) is 3. The molecular weight excluding hydrogens is 436 g/mol. The van der Waals surface area contributed by atoms with Gasteiger partial charge in [0.25, 0.3) is 5.91 Å². The van der Waals surface area contributed by atoms with E-state index in [1.54, 1.807) is 6.07 Å². The van der Waals surface area contributed by atoms with Crippen molar-refractivity contribution in [2.24, 2.45) is 0 Å². The Labute approximate surface area is 191 Å². The standard InChI is InChI=1S/C23H27ClN2O6/c24-15-11-14-3-4-18(16(22(30)31)13-19(27)28)32-20(14)17(12-15)21(29)25-8-7-23-5-1-9-26(23)10-2-6-23/h11-13,18H,1-10H2,(H,25,29)(H,27,28)(H,30,31)/b16-13-. The summed E-state index contributed by atoms with van der Waals surface area (Å²) in [4.78, 5) is 38.2. The van der Waals surface area contributed by atoms with Crippen molar-refractivity contribution in [3.63, 3.8) is 0 Å². The van der Waals surface area contributed by atoms with Crippen LogP contribution in [0.4, 0.5) is 0 Å². The van der Waals surface area contributed by atoms with E-state index in [2.05, 4.69) is 10.2 Å². The highest BCUT2D eigenvalue weighted by molar-refractivity contribution is 6.31. The molecule has 0 aliphatic carbocycles. The Morgan fingerprint density at radius 3 is 2.59 bits per heavy atom. The molecule has 172 valence electrons. The van der Waals surface area contributed by atoms with Gasteiger partial charge in [-0.1, -0.05) is 11.6 Å². The number of halogens is 1. The molecule has 4 rings (SSSR count). The Hall–Kier alpha value is -2.58. The van der Waals surface area contributed by atoms with Crippen LogP contribution in [0.15, 0.2) is 23.8 Å². The number of nitrogens with zero attached hydrogens (tertiary/aromatic N) is 1. The number of aliphatic carboxylic acids is 2. The molecule has 1 aromatic carbocycles. The summed E-state index contributed by atoms with van der Waals surface area (Å²) < 4.78 is 5.87. The second-order valence-corrected chi connectivity index (χ2v) is 9.19. The van der Waals surface area contributed by atoms with E-state index in [0.29, 0.717) is 29.6 Å². The minimum atomic E-state index is -1.36. The highest BCUT2D eigenvalue weighted by Gasteiger charge is 2.43. The first-order valence-electron chi connectivity index (χ1n) is 11.0. The number of rotatable bonds is 7. The summed E-state index contributed by atoms with van der Waals surface area (Å²) in [7, 11) is 0. The SMILES string of the molecule is O=C(O)/C=C(\C(=O)O)C1CCc2cc(Cl)cc(C(=O)NCCC34CCCN3CCC4)c2O1. The molecule has 9 heteroatoms. The van der Waals surface area contributed by atoms with Crippen LogP contribution in [0.25, 0.3) is 0 Å². The molecule has 1 aromatic rings. The third-order valence-corrected chi connectivity index (χ3v) is 7.09. The summed E-state index contributed by atoms with van der Waals surface area (Å²) >= 11 is 6.23. The molecule has 0 aromatic heterocycles. The summed E-state index contributed by atoms with van der Waals surface area (Å²) in [6.07, 6.45) is 5.97. The van der Waals surface area contributed by atoms with Gasteiger partial charge in [0.05, 0.1) is 11.1 Å². The van der Waals surface area contributed by atoms with Crippen molar-refractivity contribution < 1.29 is 29.3 Å². The smallest absolute Gasteiger partial charge is 0.335 e. The second kappa shape index (κ2) is 9.11. The maximum atomic E-state index is 13.0. The molecule has 32 heavy (non-hydrogen) atoms. The average Bonchev–Trinajstić information content (AvgIpc) is 3.31. The van der Waals surface area contributed by atoms with E-state index in [0.717, 1.165) is 32.4 Å². The zero-order valence-corrected chi connectivity index (χ0v) is 18.5. The van der Waals surface area contributed by atoms with Gasteiger partial charge in [0.2, 0.25) is 0 Å². The first kappa shape index (κ1) is 22.6. The van der Waals surface area contributed by atoms with Gasteiger partial charge in [0, 0.05) is 23.2 Å². The second-order valence-electron chi connectivity index (χ2n) is 8.75. The van der Waals surface area contributed by atoms with Crippen LogP contribution in [0.2, 0.25) is 5.02 Å². The number of carbonyl (C=O) groups excluding carboxylic acids is 1.